The summed E-state index contributed by atoms with van der Waals surface area (Å²) < 4.78 is 11.8. The highest BCUT2D eigenvalue weighted by molar-refractivity contribution is 8.18. The Morgan fingerprint density at radius 3 is 2.50 bits per heavy atom. The first-order chi connectivity index (χ1) is 14.3. The van der Waals surface area contributed by atoms with Gasteiger partial charge in [0, 0.05) is 24.2 Å². The summed E-state index contributed by atoms with van der Waals surface area (Å²) in [7, 11) is 2.89. The fourth-order valence-corrected chi connectivity index (χ4v) is 4.33. The number of imide groups is 1. The third-order valence-electron chi connectivity index (χ3n) is 5.01. The van der Waals surface area contributed by atoms with Gasteiger partial charge in [0.2, 0.25) is 0 Å². The summed E-state index contributed by atoms with van der Waals surface area (Å²) in [4.78, 5) is 38.1. The number of methoxy groups -OCH3 is 2. The van der Waals surface area contributed by atoms with Gasteiger partial charge in [0.1, 0.15) is 0 Å². The zero-order valence-electron chi connectivity index (χ0n) is 17.6. The van der Waals surface area contributed by atoms with Crippen molar-refractivity contribution in [1.82, 2.24) is 9.47 Å². The van der Waals surface area contributed by atoms with Crippen molar-refractivity contribution in [2.75, 3.05) is 27.4 Å². The van der Waals surface area contributed by atoms with E-state index in [1.54, 1.807) is 18.2 Å². The second-order valence-electron chi connectivity index (χ2n) is 6.98. The number of benzene rings is 1. The number of aryl methyl sites for hydroxylation is 2. The van der Waals surface area contributed by atoms with Crippen LogP contribution < -0.4 is 0 Å². The molecule has 0 atom stereocenters. The quantitative estimate of drug-likeness (QED) is 0.513. The van der Waals surface area contributed by atoms with Gasteiger partial charge in [0.05, 0.1) is 30.7 Å². The molecule has 0 N–H and O–H groups in total. The Kier molecular flexibility index (Phi) is 6.48. The first-order valence-corrected chi connectivity index (χ1v) is 10.2. The molecule has 8 heteroatoms. The maximum atomic E-state index is 12.6. The van der Waals surface area contributed by atoms with Gasteiger partial charge in [-0.15, -0.1) is 0 Å². The second kappa shape index (κ2) is 8.89. The van der Waals surface area contributed by atoms with Crippen LogP contribution in [0.3, 0.4) is 0 Å². The van der Waals surface area contributed by atoms with E-state index in [0.29, 0.717) is 17.1 Å². The van der Waals surface area contributed by atoms with Gasteiger partial charge in [-0.2, -0.15) is 0 Å². The molecule has 0 radical (unpaired) electrons. The number of carbonyl (C=O) groups is 3. The Labute approximate surface area is 179 Å². The molecule has 2 amide bonds. The minimum atomic E-state index is -0.379. The van der Waals surface area contributed by atoms with Crippen LogP contribution in [0.5, 0.6) is 0 Å². The van der Waals surface area contributed by atoms with E-state index in [1.165, 1.54) is 19.1 Å². The molecule has 2 heterocycles. The van der Waals surface area contributed by atoms with Gasteiger partial charge in [-0.1, -0.05) is 0 Å². The predicted octanol–water partition coefficient (Wildman–Crippen LogP) is 3.87. The highest BCUT2D eigenvalue weighted by Crippen LogP contribution is 2.34. The van der Waals surface area contributed by atoms with E-state index in [9.17, 15) is 14.4 Å². The van der Waals surface area contributed by atoms with Gasteiger partial charge in [-0.3, -0.25) is 14.5 Å². The number of hydrogen-bond donors (Lipinski definition) is 0. The standard InChI is InChI=1S/C22H24N2O5S/c1-13-10-16(21(26)29-5)6-7-18(13)24-14(2)11-17(15(24)3)12-19-20(25)23(8-9-28-4)22(27)30-19/h6-7,10-12H,8-9H2,1-5H3/b19-12+. The maximum Gasteiger partial charge on any atom is 0.337 e. The lowest BCUT2D eigenvalue weighted by Gasteiger charge is -2.14. The molecule has 3 rings (SSSR count). The molecule has 1 saturated heterocycles. The van der Waals surface area contributed by atoms with Gasteiger partial charge >= 0.3 is 5.97 Å². The summed E-state index contributed by atoms with van der Waals surface area (Å²) in [6.45, 7) is 6.41. The van der Waals surface area contributed by atoms with Crippen LogP contribution in [0.1, 0.15) is 32.9 Å². The Morgan fingerprint density at radius 1 is 1.13 bits per heavy atom. The Hall–Kier alpha value is -2.84. The smallest absolute Gasteiger partial charge is 0.337 e. The van der Waals surface area contributed by atoms with Gasteiger partial charge in [0.25, 0.3) is 11.1 Å². The molecular weight excluding hydrogens is 404 g/mol. The molecule has 0 aliphatic carbocycles. The molecule has 2 aromatic rings. The van der Waals surface area contributed by atoms with Crippen molar-refractivity contribution in [3.8, 4) is 5.69 Å². The molecular formula is C22H24N2O5S. The van der Waals surface area contributed by atoms with Crippen molar-refractivity contribution in [3.63, 3.8) is 0 Å². The Morgan fingerprint density at radius 2 is 1.87 bits per heavy atom. The summed E-state index contributed by atoms with van der Waals surface area (Å²) >= 11 is 0.940. The van der Waals surface area contributed by atoms with Crippen LogP contribution in [0.2, 0.25) is 0 Å². The summed E-state index contributed by atoms with van der Waals surface area (Å²) in [5, 5.41) is -0.286. The summed E-state index contributed by atoms with van der Waals surface area (Å²) in [5.74, 6) is -0.680. The highest BCUT2D eigenvalue weighted by Gasteiger charge is 2.34. The molecule has 30 heavy (non-hydrogen) atoms. The number of esters is 1. The van der Waals surface area contributed by atoms with Crippen molar-refractivity contribution in [2.24, 2.45) is 0 Å². The Bertz CT molecular complexity index is 1050. The molecule has 0 unspecified atom stereocenters. The fraction of sp³-hybridized carbons (Fsp3) is 0.318. The van der Waals surface area contributed by atoms with Crippen LogP contribution in [0, 0.1) is 20.8 Å². The fourth-order valence-electron chi connectivity index (χ4n) is 3.47. The molecule has 1 fully saturated rings. The average Bonchev–Trinajstić information content (AvgIpc) is 3.14. The van der Waals surface area contributed by atoms with E-state index in [4.69, 9.17) is 9.47 Å². The second-order valence-corrected chi connectivity index (χ2v) is 7.97. The van der Waals surface area contributed by atoms with E-state index < -0.39 is 0 Å². The summed E-state index contributed by atoms with van der Waals surface area (Å²) in [5.41, 5.74) is 5.13. The number of hydrogen-bond acceptors (Lipinski definition) is 6. The summed E-state index contributed by atoms with van der Waals surface area (Å²) in [6.07, 6.45) is 1.76. The molecule has 1 aliphatic rings. The van der Waals surface area contributed by atoms with Crippen LogP contribution >= 0.6 is 11.8 Å². The van der Waals surface area contributed by atoms with E-state index in [-0.39, 0.29) is 23.7 Å². The van der Waals surface area contributed by atoms with Crippen molar-refractivity contribution < 1.29 is 23.9 Å². The lowest BCUT2D eigenvalue weighted by Crippen LogP contribution is -2.31. The van der Waals surface area contributed by atoms with Crippen molar-refractivity contribution >= 4 is 35.0 Å². The Balaban J connectivity index is 1.96. The minimum Gasteiger partial charge on any atom is -0.465 e. The van der Waals surface area contributed by atoms with E-state index in [0.717, 1.165) is 40.0 Å². The van der Waals surface area contributed by atoms with Crippen molar-refractivity contribution in [3.05, 3.63) is 57.2 Å². The molecule has 1 aromatic heterocycles. The number of carbonyl (C=O) groups excluding carboxylic acids is 3. The van der Waals surface area contributed by atoms with Gasteiger partial charge in [-0.05, 0) is 74.0 Å². The van der Waals surface area contributed by atoms with E-state index >= 15 is 0 Å². The molecule has 158 valence electrons. The minimum absolute atomic E-state index is 0.239. The first-order valence-electron chi connectivity index (χ1n) is 9.41. The van der Waals surface area contributed by atoms with Crippen LogP contribution in [-0.4, -0.2) is 54.0 Å². The zero-order valence-corrected chi connectivity index (χ0v) is 18.5. The molecule has 1 aliphatic heterocycles. The lowest BCUT2D eigenvalue weighted by atomic mass is 10.1. The van der Waals surface area contributed by atoms with Crippen LogP contribution in [0.15, 0.2) is 29.2 Å². The normalized spacial score (nSPS) is 15.4. The number of aromatic nitrogens is 1. The number of amides is 2. The number of rotatable bonds is 6. The predicted molar refractivity (Wildman–Crippen MR) is 116 cm³/mol. The van der Waals surface area contributed by atoms with E-state index in [2.05, 4.69) is 4.57 Å². The number of thioether (sulfide) groups is 1. The highest BCUT2D eigenvalue weighted by atomic mass is 32.2. The number of ether oxygens (including phenoxy) is 2. The van der Waals surface area contributed by atoms with Crippen LogP contribution in [0.25, 0.3) is 11.8 Å². The zero-order chi connectivity index (χ0) is 22.0. The van der Waals surface area contributed by atoms with Crippen molar-refractivity contribution in [1.29, 1.82) is 0 Å². The van der Waals surface area contributed by atoms with Crippen LogP contribution in [0.4, 0.5) is 4.79 Å². The third-order valence-corrected chi connectivity index (χ3v) is 5.92. The molecule has 0 bridgehead atoms. The van der Waals surface area contributed by atoms with Crippen molar-refractivity contribution in [2.45, 2.75) is 20.8 Å². The van der Waals surface area contributed by atoms with Gasteiger partial charge < -0.3 is 14.0 Å². The molecule has 0 spiro atoms. The largest absolute Gasteiger partial charge is 0.465 e. The maximum absolute atomic E-state index is 12.6. The lowest BCUT2D eigenvalue weighted by molar-refractivity contribution is -0.123. The number of nitrogens with zero attached hydrogens (tertiary/aromatic N) is 2. The average molecular weight is 429 g/mol. The van der Waals surface area contributed by atoms with E-state index in [1.807, 2.05) is 32.9 Å². The third kappa shape index (κ3) is 4.06. The van der Waals surface area contributed by atoms with Crippen LogP contribution in [-0.2, 0) is 14.3 Å². The topological polar surface area (TPSA) is 77.8 Å². The SMILES string of the molecule is COCCN1C(=O)S/C(=C/c2cc(C)n(-c3ccc(C(=O)OC)cc3C)c2C)C1=O. The monoisotopic (exact) mass is 428 g/mol. The van der Waals surface area contributed by atoms with Gasteiger partial charge in [0.15, 0.2) is 0 Å². The molecule has 0 saturated carbocycles. The summed E-state index contributed by atoms with van der Waals surface area (Å²) in [6, 6.07) is 7.38. The molecule has 1 aromatic carbocycles. The first kappa shape index (κ1) is 21.9. The molecule has 7 nitrogen and oxygen atoms in total. The van der Waals surface area contributed by atoms with Gasteiger partial charge in [-0.25, -0.2) is 4.79 Å².